The van der Waals surface area contributed by atoms with Gasteiger partial charge in [0.15, 0.2) is 0 Å². The van der Waals surface area contributed by atoms with Gasteiger partial charge in [-0.3, -0.25) is 4.79 Å². The average molecular weight is 468 g/mol. The van der Waals surface area contributed by atoms with E-state index >= 15 is 0 Å². The van der Waals surface area contributed by atoms with Gasteiger partial charge in [-0.05, 0) is 52.3 Å². The Hall–Kier alpha value is -0.360. The van der Waals surface area contributed by atoms with E-state index in [9.17, 15) is 4.79 Å². The molecular formula is C13H7Br3ClNO. The number of halogens is 4. The lowest BCUT2D eigenvalue weighted by atomic mass is 10.2. The van der Waals surface area contributed by atoms with Crippen LogP contribution in [0.4, 0.5) is 5.69 Å². The molecule has 19 heavy (non-hydrogen) atoms. The maximum absolute atomic E-state index is 12.2. The minimum Gasteiger partial charge on any atom is -0.321 e. The Morgan fingerprint density at radius 3 is 2.32 bits per heavy atom. The van der Waals surface area contributed by atoms with Gasteiger partial charge in [0.25, 0.3) is 5.91 Å². The van der Waals surface area contributed by atoms with E-state index in [2.05, 4.69) is 53.1 Å². The van der Waals surface area contributed by atoms with E-state index in [1.54, 1.807) is 18.2 Å². The highest BCUT2D eigenvalue weighted by molar-refractivity contribution is 9.11. The maximum Gasteiger partial charge on any atom is 0.256 e. The quantitative estimate of drug-likeness (QED) is 0.586. The second kappa shape index (κ2) is 6.39. The molecule has 1 N–H and O–H groups in total. The molecule has 0 aliphatic rings. The van der Waals surface area contributed by atoms with Crippen LogP contribution < -0.4 is 5.32 Å². The topological polar surface area (TPSA) is 29.1 Å². The molecule has 0 atom stereocenters. The molecule has 2 aromatic carbocycles. The van der Waals surface area contributed by atoms with Crippen molar-refractivity contribution >= 4 is 71.0 Å². The summed E-state index contributed by atoms with van der Waals surface area (Å²) in [6.07, 6.45) is 0. The lowest BCUT2D eigenvalue weighted by molar-refractivity contribution is 0.102. The van der Waals surface area contributed by atoms with E-state index in [1.165, 1.54) is 0 Å². The first-order valence-electron chi connectivity index (χ1n) is 5.19. The molecule has 6 heteroatoms. The number of hydrogen-bond donors (Lipinski definition) is 1. The van der Waals surface area contributed by atoms with Gasteiger partial charge in [0, 0.05) is 13.4 Å². The van der Waals surface area contributed by atoms with E-state index in [0.29, 0.717) is 20.7 Å². The molecule has 98 valence electrons. The Morgan fingerprint density at radius 1 is 1.00 bits per heavy atom. The van der Waals surface area contributed by atoms with Crippen molar-refractivity contribution in [1.82, 2.24) is 0 Å². The van der Waals surface area contributed by atoms with Crippen molar-refractivity contribution < 1.29 is 4.79 Å². The molecule has 0 saturated carbocycles. The van der Waals surface area contributed by atoms with Gasteiger partial charge >= 0.3 is 0 Å². The van der Waals surface area contributed by atoms with Crippen molar-refractivity contribution in [1.29, 1.82) is 0 Å². The molecule has 0 aliphatic carbocycles. The summed E-state index contributed by atoms with van der Waals surface area (Å²) in [6.45, 7) is 0. The number of benzene rings is 2. The lowest BCUT2D eigenvalue weighted by Gasteiger charge is -2.09. The van der Waals surface area contributed by atoms with Crippen molar-refractivity contribution in [3.63, 3.8) is 0 Å². The zero-order chi connectivity index (χ0) is 14.0. The Labute approximate surface area is 140 Å². The molecule has 0 heterocycles. The average Bonchev–Trinajstić information content (AvgIpc) is 2.33. The molecule has 0 spiro atoms. The van der Waals surface area contributed by atoms with E-state index in [1.807, 2.05) is 18.2 Å². The molecule has 0 aliphatic heterocycles. The molecular weight excluding hydrogens is 461 g/mol. The highest BCUT2D eigenvalue weighted by Gasteiger charge is 2.12. The first kappa shape index (κ1) is 15.0. The van der Waals surface area contributed by atoms with Crippen molar-refractivity contribution in [2.75, 3.05) is 5.32 Å². The molecule has 2 nitrogen and oxygen atoms in total. The van der Waals surface area contributed by atoms with Gasteiger partial charge in [0.05, 0.1) is 16.3 Å². The van der Waals surface area contributed by atoms with E-state index in [-0.39, 0.29) is 5.91 Å². The predicted molar refractivity (Wildman–Crippen MR) is 88.9 cm³/mol. The number of carbonyl (C=O) groups excluding carboxylic acids is 1. The number of hydrogen-bond acceptors (Lipinski definition) is 1. The molecule has 0 fully saturated rings. The fourth-order valence-electron chi connectivity index (χ4n) is 1.46. The summed E-state index contributed by atoms with van der Waals surface area (Å²) in [7, 11) is 0. The Kier molecular flexibility index (Phi) is 5.06. The minimum absolute atomic E-state index is 0.223. The molecule has 0 aromatic heterocycles. The van der Waals surface area contributed by atoms with Gasteiger partial charge in [-0.25, -0.2) is 0 Å². The predicted octanol–water partition coefficient (Wildman–Crippen LogP) is 5.88. The molecule has 2 rings (SSSR count). The normalized spacial score (nSPS) is 10.3. The highest BCUT2D eigenvalue weighted by Crippen LogP contribution is 2.28. The summed E-state index contributed by atoms with van der Waals surface area (Å²) < 4.78 is 2.46. The van der Waals surface area contributed by atoms with Crippen LogP contribution in [0.15, 0.2) is 49.8 Å². The van der Waals surface area contributed by atoms with Gasteiger partial charge < -0.3 is 5.32 Å². The molecule has 0 saturated heterocycles. The largest absolute Gasteiger partial charge is 0.321 e. The molecule has 0 radical (unpaired) electrons. The first-order valence-corrected chi connectivity index (χ1v) is 7.94. The highest BCUT2D eigenvalue weighted by atomic mass is 79.9. The summed E-state index contributed by atoms with van der Waals surface area (Å²) in [6, 6.07) is 10.6. The SMILES string of the molecule is O=C(Nc1cc(Br)ccc1Cl)c1ccc(Br)cc1Br. The monoisotopic (exact) mass is 465 g/mol. The zero-order valence-electron chi connectivity index (χ0n) is 9.38. The number of nitrogens with one attached hydrogen (secondary N) is 1. The smallest absolute Gasteiger partial charge is 0.256 e. The third-order valence-corrected chi connectivity index (χ3v) is 4.32. The number of amides is 1. The van der Waals surface area contributed by atoms with Gasteiger partial charge in [0.2, 0.25) is 0 Å². The second-order valence-electron chi connectivity index (χ2n) is 3.70. The van der Waals surface area contributed by atoms with Crippen LogP contribution in [0.3, 0.4) is 0 Å². The standard InChI is InChI=1S/C13H7Br3ClNO/c14-7-1-3-9(10(16)5-7)13(19)18-12-6-8(15)2-4-11(12)17/h1-6H,(H,18,19). The van der Waals surface area contributed by atoms with Crippen LogP contribution in [0.1, 0.15) is 10.4 Å². The molecule has 0 unspecified atom stereocenters. The summed E-state index contributed by atoms with van der Waals surface area (Å²) in [5, 5.41) is 3.27. The fraction of sp³-hybridized carbons (Fsp3) is 0. The molecule has 1 amide bonds. The van der Waals surface area contributed by atoms with Crippen molar-refractivity contribution in [3.05, 3.63) is 60.4 Å². The minimum atomic E-state index is -0.223. The van der Waals surface area contributed by atoms with Crippen LogP contribution in [0.25, 0.3) is 0 Å². The molecule has 0 bridgehead atoms. The van der Waals surface area contributed by atoms with Crippen LogP contribution >= 0.6 is 59.4 Å². The number of anilines is 1. The zero-order valence-corrected chi connectivity index (χ0v) is 14.9. The Morgan fingerprint density at radius 2 is 1.63 bits per heavy atom. The third kappa shape index (κ3) is 3.81. The van der Waals surface area contributed by atoms with E-state index in [0.717, 1.165) is 8.95 Å². The summed E-state index contributed by atoms with van der Waals surface area (Å²) in [4.78, 5) is 12.2. The van der Waals surface area contributed by atoms with Crippen molar-refractivity contribution in [2.45, 2.75) is 0 Å². The Bertz CT molecular complexity index is 646. The lowest BCUT2D eigenvalue weighted by Crippen LogP contribution is -2.12. The van der Waals surface area contributed by atoms with E-state index < -0.39 is 0 Å². The van der Waals surface area contributed by atoms with Gasteiger partial charge in [-0.2, -0.15) is 0 Å². The molecule has 2 aromatic rings. The van der Waals surface area contributed by atoms with E-state index in [4.69, 9.17) is 11.6 Å². The van der Waals surface area contributed by atoms with Crippen LogP contribution in [-0.4, -0.2) is 5.91 Å². The van der Waals surface area contributed by atoms with Crippen LogP contribution in [0.2, 0.25) is 5.02 Å². The fourth-order valence-corrected chi connectivity index (χ4v) is 3.21. The maximum atomic E-state index is 12.2. The van der Waals surface area contributed by atoms with Crippen LogP contribution in [0, 0.1) is 0 Å². The first-order chi connectivity index (χ1) is 8.97. The number of carbonyl (C=O) groups is 1. The summed E-state index contributed by atoms with van der Waals surface area (Å²) in [5.74, 6) is -0.223. The van der Waals surface area contributed by atoms with Gasteiger partial charge in [0.1, 0.15) is 0 Å². The van der Waals surface area contributed by atoms with Crippen molar-refractivity contribution in [3.8, 4) is 0 Å². The second-order valence-corrected chi connectivity index (χ2v) is 6.80. The van der Waals surface area contributed by atoms with Gasteiger partial charge in [-0.1, -0.05) is 43.5 Å². The summed E-state index contributed by atoms with van der Waals surface area (Å²) in [5.41, 5.74) is 1.11. The van der Waals surface area contributed by atoms with Crippen LogP contribution in [-0.2, 0) is 0 Å². The Balaban J connectivity index is 2.28. The summed E-state index contributed by atoms with van der Waals surface area (Å²) >= 11 is 16.1. The number of rotatable bonds is 2. The third-order valence-electron chi connectivity index (χ3n) is 2.35. The van der Waals surface area contributed by atoms with Crippen molar-refractivity contribution in [2.24, 2.45) is 0 Å². The van der Waals surface area contributed by atoms with Crippen LogP contribution in [0.5, 0.6) is 0 Å². The van der Waals surface area contributed by atoms with Gasteiger partial charge in [-0.15, -0.1) is 0 Å².